The third-order valence-corrected chi connectivity index (χ3v) is 3.41. The molecule has 2 rings (SSSR count). The standard InChI is InChI=1S/C14H9Cl3O/c1-8-6-9(15)2-4-11(8)14(18)12-7-10(16)3-5-13(12)17/h2-7H,1H3. The highest BCUT2D eigenvalue weighted by Gasteiger charge is 2.15. The zero-order valence-corrected chi connectivity index (χ0v) is 11.8. The molecule has 0 radical (unpaired) electrons. The quantitative estimate of drug-likeness (QED) is 0.698. The molecule has 1 nitrogen and oxygen atoms in total. The summed E-state index contributed by atoms with van der Waals surface area (Å²) in [6, 6.07) is 9.95. The van der Waals surface area contributed by atoms with Crippen molar-refractivity contribution < 1.29 is 4.79 Å². The monoisotopic (exact) mass is 298 g/mol. The van der Waals surface area contributed by atoms with Crippen LogP contribution in [0.15, 0.2) is 36.4 Å². The average Bonchev–Trinajstić information content (AvgIpc) is 2.31. The van der Waals surface area contributed by atoms with Crippen LogP contribution in [-0.4, -0.2) is 5.78 Å². The topological polar surface area (TPSA) is 17.1 Å². The van der Waals surface area contributed by atoms with Crippen LogP contribution >= 0.6 is 34.8 Å². The first kappa shape index (κ1) is 13.4. The second kappa shape index (κ2) is 5.31. The lowest BCUT2D eigenvalue weighted by Gasteiger charge is -2.07. The normalized spacial score (nSPS) is 10.4. The second-order valence-corrected chi connectivity index (χ2v) is 5.19. The fourth-order valence-corrected chi connectivity index (χ4v) is 2.30. The average molecular weight is 300 g/mol. The van der Waals surface area contributed by atoms with Gasteiger partial charge in [-0.1, -0.05) is 34.8 Å². The van der Waals surface area contributed by atoms with Crippen LogP contribution in [0.4, 0.5) is 0 Å². The molecule has 4 heteroatoms. The molecule has 0 heterocycles. The summed E-state index contributed by atoms with van der Waals surface area (Å²) in [6.07, 6.45) is 0. The minimum Gasteiger partial charge on any atom is -0.289 e. The van der Waals surface area contributed by atoms with Gasteiger partial charge in [0.1, 0.15) is 0 Å². The molecule has 0 atom stereocenters. The smallest absolute Gasteiger partial charge is 0.194 e. The van der Waals surface area contributed by atoms with E-state index in [1.807, 2.05) is 6.92 Å². The molecule has 2 aromatic carbocycles. The highest BCUT2D eigenvalue weighted by molar-refractivity contribution is 6.37. The molecule has 0 spiro atoms. The lowest BCUT2D eigenvalue weighted by Crippen LogP contribution is -2.04. The van der Waals surface area contributed by atoms with Gasteiger partial charge in [-0.15, -0.1) is 0 Å². The highest BCUT2D eigenvalue weighted by Crippen LogP contribution is 2.25. The van der Waals surface area contributed by atoms with E-state index in [1.54, 1.807) is 36.4 Å². The molecule has 0 saturated carbocycles. The lowest BCUT2D eigenvalue weighted by atomic mass is 9.99. The van der Waals surface area contributed by atoms with Crippen molar-refractivity contribution in [2.24, 2.45) is 0 Å². The predicted molar refractivity (Wildman–Crippen MR) is 76.1 cm³/mol. The Kier molecular flexibility index (Phi) is 3.96. The van der Waals surface area contributed by atoms with Crippen LogP contribution in [0.25, 0.3) is 0 Å². The molecule has 0 aliphatic heterocycles. The van der Waals surface area contributed by atoms with Gasteiger partial charge in [-0.2, -0.15) is 0 Å². The van der Waals surface area contributed by atoms with Crippen molar-refractivity contribution in [2.75, 3.05) is 0 Å². The largest absolute Gasteiger partial charge is 0.289 e. The Labute approximate surface area is 120 Å². The zero-order chi connectivity index (χ0) is 13.3. The fourth-order valence-electron chi connectivity index (χ4n) is 1.70. The molecule has 92 valence electrons. The third-order valence-electron chi connectivity index (χ3n) is 2.61. The van der Waals surface area contributed by atoms with E-state index < -0.39 is 0 Å². The van der Waals surface area contributed by atoms with Gasteiger partial charge in [-0.05, 0) is 48.9 Å². The van der Waals surface area contributed by atoms with Gasteiger partial charge in [0.25, 0.3) is 0 Å². The van der Waals surface area contributed by atoms with Gasteiger partial charge < -0.3 is 0 Å². The summed E-state index contributed by atoms with van der Waals surface area (Å²) >= 11 is 17.8. The number of carbonyl (C=O) groups excluding carboxylic acids is 1. The van der Waals surface area contributed by atoms with Crippen LogP contribution in [0.1, 0.15) is 21.5 Å². The van der Waals surface area contributed by atoms with Gasteiger partial charge in [0.2, 0.25) is 0 Å². The minimum absolute atomic E-state index is 0.156. The molecule has 0 aliphatic rings. The number of rotatable bonds is 2. The number of benzene rings is 2. The Morgan fingerprint density at radius 2 is 1.50 bits per heavy atom. The van der Waals surface area contributed by atoms with Crippen molar-refractivity contribution in [3.63, 3.8) is 0 Å². The van der Waals surface area contributed by atoms with Crippen molar-refractivity contribution in [3.05, 3.63) is 68.2 Å². The Bertz CT molecular complexity index is 620. The summed E-state index contributed by atoms with van der Waals surface area (Å²) in [7, 11) is 0. The molecule has 0 saturated heterocycles. The summed E-state index contributed by atoms with van der Waals surface area (Å²) in [5.41, 5.74) is 1.78. The Hall–Kier alpha value is -1.02. The van der Waals surface area contributed by atoms with E-state index in [2.05, 4.69) is 0 Å². The SMILES string of the molecule is Cc1cc(Cl)ccc1C(=O)c1cc(Cl)ccc1Cl. The minimum atomic E-state index is -0.156. The summed E-state index contributed by atoms with van der Waals surface area (Å²) in [5, 5.41) is 1.47. The highest BCUT2D eigenvalue weighted by atomic mass is 35.5. The Balaban J connectivity index is 2.51. The molecule has 18 heavy (non-hydrogen) atoms. The molecule has 0 amide bonds. The predicted octanol–water partition coefficient (Wildman–Crippen LogP) is 5.19. The van der Waals surface area contributed by atoms with E-state index in [0.29, 0.717) is 26.2 Å². The van der Waals surface area contributed by atoms with Gasteiger partial charge in [-0.25, -0.2) is 0 Å². The van der Waals surface area contributed by atoms with Crippen LogP contribution in [0.2, 0.25) is 15.1 Å². The van der Waals surface area contributed by atoms with Crippen molar-refractivity contribution in [3.8, 4) is 0 Å². The fraction of sp³-hybridized carbons (Fsp3) is 0.0714. The maximum absolute atomic E-state index is 12.4. The molecule has 0 unspecified atom stereocenters. The number of ketones is 1. The summed E-state index contributed by atoms with van der Waals surface area (Å²) in [6.45, 7) is 1.83. The van der Waals surface area contributed by atoms with Crippen LogP contribution in [0.3, 0.4) is 0 Å². The molecular formula is C14H9Cl3O. The molecule has 0 bridgehead atoms. The van der Waals surface area contributed by atoms with Crippen LogP contribution in [-0.2, 0) is 0 Å². The molecule has 0 fully saturated rings. The summed E-state index contributed by atoms with van der Waals surface area (Å²) < 4.78 is 0. The van der Waals surface area contributed by atoms with Crippen molar-refractivity contribution in [1.29, 1.82) is 0 Å². The van der Waals surface area contributed by atoms with Gasteiger partial charge in [-0.3, -0.25) is 4.79 Å². The Morgan fingerprint density at radius 1 is 0.889 bits per heavy atom. The van der Waals surface area contributed by atoms with Crippen molar-refractivity contribution in [2.45, 2.75) is 6.92 Å². The van der Waals surface area contributed by atoms with Crippen molar-refractivity contribution in [1.82, 2.24) is 0 Å². The van der Waals surface area contributed by atoms with E-state index >= 15 is 0 Å². The maximum Gasteiger partial charge on any atom is 0.194 e. The van der Waals surface area contributed by atoms with Crippen LogP contribution < -0.4 is 0 Å². The molecular weight excluding hydrogens is 291 g/mol. The lowest BCUT2D eigenvalue weighted by molar-refractivity contribution is 0.103. The van der Waals surface area contributed by atoms with Crippen LogP contribution in [0.5, 0.6) is 0 Å². The van der Waals surface area contributed by atoms with E-state index in [1.165, 1.54) is 0 Å². The summed E-state index contributed by atoms with van der Waals surface area (Å²) in [5.74, 6) is -0.156. The molecule has 2 aromatic rings. The molecule has 0 aromatic heterocycles. The van der Waals surface area contributed by atoms with E-state index in [4.69, 9.17) is 34.8 Å². The third kappa shape index (κ3) is 2.69. The molecule has 0 aliphatic carbocycles. The number of hydrogen-bond donors (Lipinski definition) is 0. The first-order valence-electron chi connectivity index (χ1n) is 5.25. The van der Waals surface area contributed by atoms with E-state index in [0.717, 1.165) is 5.56 Å². The first-order valence-corrected chi connectivity index (χ1v) is 6.38. The maximum atomic E-state index is 12.4. The number of carbonyl (C=O) groups is 1. The Morgan fingerprint density at radius 3 is 2.17 bits per heavy atom. The van der Waals surface area contributed by atoms with Crippen molar-refractivity contribution >= 4 is 40.6 Å². The van der Waals surface area contributed by atoms with Gasteiger partial charge in [0.05, 0.1) is 5.02 Å². The number of aryl methyl sites for hydroxylation is 1. The zero-order valence-electron chi connectivity index (χ0n) is 9.51. The molecule has 0 N–H and O–H groups in total. The summed E-state index contributed by atoms with van der Waals surface area (Å²) in [4.78, 5) is 12.4. The van der Waals surface area contributed by atoms with Gasteiger partial charge in [0.15, 0.2) is 5.78 Å². The van der Waals surface area contributed by atoms with Crippen LogP contribution in [0, 0.1) is 6.92 Å². The number of hydrogen-bond acceptors (Lipinski definition) is 1. The van der Waals surface area contributed by atoms with E-state index in [-0.39, 0.29) is 5.78 Å². The number of halogens is 3. The second-order valence-electron chi connectivity index (χ2n) is 3.91. The van der Waals surface area contributed by atoms with Gasteiger partial charge in [0, 0.05) is 21.2 Å². The van der Waals surface area contributed by atoms with E-state index in [9.17, 15) is 4.79 Å². The first-order chi connectivity index (χ1) is 8.49. The van der Waals surface area contributed by atoms with Gasteiger partial charge >= 0.3 is 0 Å².